The summed E-state index contributed by atoms with van der Waals surface area (Å²) in [5, 5.41) is 0. The van der Waals surface area contributed by atoms with Gasteiger partial charge in [0.05, 0.1) is 0 Å². The number of hydrogen-bond acceptors (Lipinski definition) is 2. The highest BCUT2D eigenvalue weighted by molar-refractivity contribution is 5.87. The third kappa shape index (κ3) is 7.84. The van der Waals surface area contributed by atoms with E-state index in [2.05, 4.69) is 235 Å². The number of aryl methyl sites for hydroxylation is 8. The van der Waals surface area contributed by atoms with Gasteiger partial charge < -0.3 is 9.80 Å². The molecule has 0 atom stereocenters. The normalized spacial score (nSPS) is 11.1. The molecule has 0 unspecified atom stereocenters. The molecule has 0 aliphatic rings. The quantitative estimate of drug-likeness (QED) is 0.145. The van der Waals surface area contributed by atoms with Gasteiger partial charge in [-0.15, -0.1) is 0 Å². The minimum absolute atomic E-state index is 1.13. The molecule has 58 heavy (non-hydrogen) atoms. The first-order valence-electron chi connectivity index (χ1n) is 20.3. The van der Waals surface area contributed by atoms with Crippen LogP contribution in [0.3, 0.4) is 0 Å². The van der Waals surface area contributed by atoms with Crippen molar-refractivity contribution in [2.45, 2.75) is 55.4 Å². The molecule has 8 aromatic rings. The van der Waals surface area contributed by atoms with Crippen molar-refractivity contribution in [3.8, 4) is 33.4 Å². The van der Waals surface area contributed by atoms with E-state index in [1.165, 1.54) is 77.9 Å². The van der Waals surface area contributed by atoms with Crippen LogP contribution in [0.4, 0.5) is 34.1 Å². The fraction of sp³-hybridized carbons (Fsp3) is 0.143. The predicted octanol–water partition coefficient (Wildman–Crippen LogP) is 16.1. The summed E-state index contributed by atoms with van der Waals surface area (Å²) in [6.07, 6.45) is 0. The lowest BCUT2D eigenvalue weighted by atomic mass is 9.88. The summed E-state index contributed by atoms with van der Waals surface area (Å²) in [5.41, 5.74) is 24.4. The van der Waals surface area contributed by atoms with Crippen LogP contribution in [0.15, 0.2) is 170 Å². The molecule has 0 amide bonds. The van der Waals surface area contributed by atoms with E-state index in [1.807, 2.05) is 0 Å². The van der Waals surface area contributed by atoms with E-state index in [0.29, 0.717) is 0 Å². The maximum atomic E-state index is 2.39. The molecule has 0 heterocycles. The van der Waals surface area contributed by atoms with E-state index in [9.17, 15) is 0 Å². The van der Waals surface area contributed by atoms with Gasteiger partial charge in [-0.2, -0.15) is 0 Å². The number of rotatable bonds is 9. The molecule has 2 heteroatoms. The van der Waals surface area contributed by atoms with Crippen molar-refractivity contribution in [2.75, 3.05) is 9.80 Å². The standard InChI is InChI=1S/C56H52N2/c1-37-15-19-45(20-16-37)47-23-27-49(28-24-47)57(51-13-9-11-39(3)31-51)53-33-41(5)55(42(6)34-53)56-43(7)35-54(36-44(56)8)58(52-14-10-12-40(4)32-52)50-29-25-48(26-30-50)46-21-17-38(2)18-22-46/h9-36H,1-8H3. The Morgan fingerprint density at radius 2 is 0.534 bits per heavy atom. The van der Waals surface area contributed by atoms with Gasteiger partial charge in [-0.1, -0.05) is 108 Å². The van der Waals surface area contributed by atoms with Gasteiger partial charge in [0.15, 0.2) is 0 Å². The summed E-state index contributed by atoms with van der Waals surface area (Å²) in [4.78, 5) is 4.78. The Balaban J connectivity index is 1.18. The smallest absolute Gasteiger partial charge is 0.0467 e. The molecule has 0 aliphatic heterocycles. The zero-order valence-electron chi connectivity index (χ0n) is 35.1. The average molecular weight is 753 g/mol. The number of benzene rings is 8. The summed E-state index contributed by atoms with van der Waals surface area (Å²) in [6.45, 7) is 17.7. The molecule has 0 radical (unpaired) electrons. The van der Waals surface area contributed by atoms with Gasteiger partial charge in [0.25, 0.3) is 0 Å². The van der Waals surface area contributed by atoms with Crippen molar-refractivity contribution in [3.63, 3.8) is 0 Å². The summed E-state index contributed by atoms with van der Waals surface area (Å²) >= 11 is 0. The van der Waals surface area contributed by atoms with Gasteiger partial charge in [-0.25, -0.2) is 0 Å². The second-order valence-corrected chi connectivity index (χ2v) is 16.1. The van der Waals surface area contributed by atoms with Gasteiger partial charge >= 0.3 is 0 Å². The summed E-state index contributed by atoms with van der Waals surface area (Å²) in [6, 6.07) is 62.5. The van der Waals surface area contributed by atoms with Crippen molar-refractivity contribution in [3.05, 3.63) is 214 Å². The van der Waals surface area contributed by atoms with E-state index in [4.69, 9.17) is 0 Å². The molecule has 8 rings (SSSR count). The second kappa shape index (κ2) is 16.1. The molecular weight excluding hydrogens is 701 g/mol. The van der Waals surface area contributed by atoms with Crippen LogP contribution in [0, 0.1) is 55.4 Å². The maximum Gasteiger partial charge on any atom is 0.0467 e. The van der Waals surface area contributed by atoms with Crippen LogP contribution >= 0.6 is 0 Å². The molecule has 2 nitrogen and oxygen atoms in total. The first-order valence-corrected chi connectivity index (χ1v) is 20.3. The van der Waals surface area contributed by atoms with Crippen molar-refractivity contribution < 1.29 is 0 Å². The molecule has 0 N–H and O–H groups in total. The number of hydrogen-bond donors (Lipinski definition) is 0. The summed E-state index contributed by atoms with van der Waals surface area (Å²) in [7, 11) is 0. The monoisotopic (exact) mass is 752 g/mol. The van der Waals surface area contributed by atoms with Crippen LogP contribution in [0.2, 0.25) is 0 Å². The van der Waals surface area contributed by atoms with Crippen LogP contribution in [0.25, 0.3) is 33.4 Å². The van der Waals surface area contributed by atoms with Crippen molar-refractivity contribution in [1.29, 1.82) is 0 Å². The van der Waals surface area contributed by atoms with Crippen LogP contribution in [0.5, 0.6) is 0 Å². The lowest BCUT2D eigenvalue weighted by Gasteiger charge is -2.29. The Kier molecular flexibility index (Phi) is 10.6. The van der Waals surface area contributed by atoms with Gasteiger partial charge in [0.2, 0.25) is 0 Å². The molecule has 0 saturated heterocycles. The molecule has 0 bridgehead atoms. The SMILES string of the molecule is Cc1ccc(-c2ccc(N(c3cccc(C)c3)c3cc(C)c(-c4c(C)cc(N(c5ccc(-c6ccc(C)cc6)cc5)c5cccc(C)c5)cc4C)c(C)c3)cc2)cc1. The zero-order chi connectivity index (χ0) is 40.5. The van der Waals surface area contributed by atoms with E-state index in [0.717, 1.165) is 34.1 Å². The maximum absolute atomic E-state index is 2.39. The second-order valence-electron chi connectivity index (χ2n) is 16.1. The molecule has 8 aromatic carbocycles. The highest BCUT2D eigenvalue weighted by Crippen LogP contribution is 2.44. The summed E-state index contributed by atoms with van der Waals surface area (Å²) in [5.74, 6) is 0. The largest absolute Gasteiger partial charge is 0.310 e. The fourth-order valence-corrected chi connectivity index (χ4v) is 8.45. The van der Waals surface area contributed by atoms with Crippen LogP contribution < -0.4 is 9.80 Å². The van der Waals surface area contributed by atoms with Gasteiger partial charge in [0, 0.05) is 34.1 Å². The number of anilines is 6. The summed E-state index contributed by atoms with van der Waals surface area (Å²) < 4.78 is 0. The molecular formula is C56H52N2. The third-order valence-electron chi connectivity index (χ3n) is 11.3. The molecule has 286 valence electrons. The lowest BCUT2D eigenvalue weighted by Crippen LogP contribution is -2.12. The third-order valence-corrected chi connectivity index (χ3v) is 11.3. The van der Waals surface area contributed by atoms with E-state index in [1.54, 1.807) is 0 Å². The van der Waals surface area contributed by atoms with Crippen molar-refractivity contribution in [2.24, 2.45) is 0 Å². The predicted molar refractivity (Wildman–Crippen MR) is 250 cm³/mol. The Bertz CT molecular complexity index is 2480. The van der Waals surface area contributed by atoms with Crippen LogP contribution in [-0.2, 0) is 0 Å². The first-order chi connectivity index (χ1) is 28.0. The Morgan fingerprint density at radius 1 is 0.241 bits per heavy atom. The number of nitrogens with zero attached hydrogens (tertiary/aromatic N) is 2. The first kappa shape index (κ1) is 38.2. The molecule has 0 aromatic heterocycles. The van der Waals surface area contributed by atoms with Crippen LogP contribution in [-0.4, -0.2) is 0 Å². The van der Waals surface area contributed by atoms with E-state index in [-0.39, 0.29) is 0 Å². The minimum atomic E-state index is 1.13. The Morgan fingerprint density at radius 3 is 0.828 bits per heavy atom. The molecule has 0 saturated carbocycles. The van der Waals surface area contributed by atoms with Gasteiger partial charge in [0.1, 0.15) is 0 Å². The topological polar surface area (TPSA) is 6.48 Å². The highest BCUT2D eigenvalue weighted by Gasteiger charge is 2.21. The Labute approximate surface area is 345 Å². The fourth-order valence-electron chi connectivity index (χ4n) is 8.45. The molecule has 0 aliphatic carbocycles. The van der Waals surface area contributed by atoms with Crippen LogP contribution in [0.1, 0.15) is 44.5 Å². The van der Waals surface area contributed by atoms with E-state index < -0.39 is 0 Å². The van der Waals surface area contributed by atoms with Gasteiger partial charge in [-0.3, -0.25) is 0 Å². The Hall–Kier alpha value is -6.64. The molecule has 0 fully saturated rings. The average Bonchev–Trinajstić information content (AvgIpc) is 3.20. The van der Waals surface area contributed by atoms with Crippen molar-refractivity contribution in [1.82, 2.24) is 0 Å². The van der Waals surface area contributed by atoms with Gasteiger partial charge in [-0.05, 0) is 195 Å². The highest BCUT2D eigenvalue weighted by atomic mass is 15.1. The molecule has 0 spiro atoms. The minimum Gasteiger partial charge on any atom is -0.310 e. The van der Waals surface area contributed by atoms with Crippen molar-refractivity contribution >= 4 is 34.1 Å². The zero-order valence-corrected chi connectivity index (χ0v) is 35.1. The lowest BCUT2D eigenvalue weighted by molar-refractivity contribution is 1.23. The van der Waals surface area contributed by atoms with E-state index >= 15 is 0 Å².